The molecule has 1 amide bonds. The summed E-state index contributed by atoms with van der Waals surface area (Å²) in [4.78, 5) is 29.2. The maximum absolute atomic E-state index is 12.3. The zero-order valence-electron chi connectivity index (χ0n) is 18.6. The zero-order chi connectivity index (χ0) is 22.1. The summed E-state index contributed by atoms with van der Waals surface area (Å²) in [7, 11) is 0. The Morgan fingerprint density at radius 1 is 1.09 bits per heavy atom. The number of nitrogens with one attached hydrogen (secondary N) is 1. The van der Waals surface area contributed by atoms with Gasteiger partial charge in [-0.05, 0) is 56.6 Å². The Morgan fingerprint density at radius 2 is 1.78 bits per heavy atom. The smallest absolute Gasteiger partial charge is 0.290 e. The van der Waals surface area contributed by atoms with Gasteiger partial charge < -0.3 is 24.6 Å². The maximum atomic E-state index is 12.3. The van der Waals surface area contributed by atoms with Crippen LogP contribution in [0.2, 0.25) is 0 Å². The number of likely N-dealkylation sites (tertiary alicyclic amines) is 2. The Morgan fingerprint density at radius 3 is 2.47 bits per heavy atom. The standard InChI is InChI=1S/C24H31N3O2.CH2O2/c28-23(17-5-6-17)27-12-7-18(8-13-27)26-14-10-24(11-15-26)22-20(9-16-29-24)19-3-1-2-4-21(19)25-22;2-1-3/h1-4,17-18,25H,5-16H2;1H,(H,2,3). The van der Waals surface area contributed by atoms with Crippen LogP contribution in [0.3, 0.4) is 0 Å². The van der Waals surface area contributed by atoms with Crippen LogP contribution < -0.4 is 0 Å². The fraction of sp³-hybridized carbons (Fsp3) is 0.600. The molecule has 0 bridgehead atoms. The molecule has 2 saturated heterocycles. The van der Waals surface area contributed by atoms with Crippen molar-refractivity contribution < 1.29 is 19.4 Å². The molecule has 1 aliphatic carbocycles. The van der Waals surface area contributed by atoms with Gasteiger partial charge in [-0.25, -0.2) is 0 Å². The third kappa shape index (κ3) is 3.92. The molecule has 172 valence electrons. The first-order valence-corrected chi connectivity index (χ1v) is 12.0. The van der Waals surface area contributed by atoms with Crippen molar-refractivity contribution in [3.8, 4) is 0 Å². The topological polar surface area (TPSA) is 85.9 Å². The summed E-state index contributed by atoms with van der Waals surface area (Å²) in [6, 6.07) is 9.31. The van der Waals surface area contributed by atoms with E-state index in [1.54, 1.807) is 0 Å². The number of hydrogen-bond donors (Lipinski definition) is 2. The van der Waals surface area contributed by atoms with Gasteiger partial charge in [-0.1, -0.05) is 18.2 Å². The summed E-state index contributed by atoms with van der Waals surface area (Å²) in [6.07, 6.45) is 7.62. The number of carbonyl (C=O) groups excluding carboxylic acids is 1. The fourth-order valence-electron chi connectivity index (χ4n) is 5.95. The Balaban J connectivity index is 0.000000684. The van der Waals surface area contributed by atoms with Crippen molar-refractivity contribution >= 4 is 23.3 Å². The van der Waals surface area contributed by atoms with Crippen LogP contribution in [0.15, 0.2) is 24.3 Å². The van der Waals surface area contributed by atoms with Gasteiger partial charge in [-0.15, -0.1) is 0 Å². The van der Waals surface area contributed by atoms with E-state index in [2.05, 4.69) is 39.0 Å². The number of nitrogens with zero attached hydrogens (tertiary/aromatic N) is 2. The summed E-state index contributed by atoms with van der Waals surface area (Å²) in [5.41, 5.74) is 3.94. The molecule has 0 radical (unpaired) electrons. The molecule has 3 aliphatic heterocycles. The fourth-order valence-corrected chi connectivity index (χ4v) is 5.95. The molecule has 2 aromatic rings. The molecule has 0 unspecified atom stereocenters. The Bertz CT molecular complexity index is 967. The Labute approximate surface area is 188 Å². The van der Waals surface area contributed by atoms with Gasteiger partial charge in [0.15, 0.2) is 0 Å². The van der Waals surface area contributed by atoms with Gasteiger partial charge in [0.1, 0.15) is 5.60 Å². The summed E-state index contributed by atoms with van der Waals surface area (Å²) in [6.45, 7) is 4.66. The minimum atomic E-state index is -0.250. The van der Waals surface area contributed by atoms with Crippen LogP contribution in [0.4, 0.5) is 0 Å². The van der Waals surface area contributed by atoms with Crippen molar-refractivity contribution in [2.24, 2.45) is 5.92 Å². The van der Waals surface area contributed by atoms with Crippen LogP contribution in [-0.2, 0) is 26.3 Å². The predicted molar refractivity (Wildman–Crippen MR) is 121 cm³/mol. The third-order valence-corrected chi connectivity index (χ3v) is 7.82. The second kappa shape index (κ2) is 8.87. The van der Waals surface area contributed by atoms with E-state index in [-0.39, 0.29) is 12.1 Å². The van der Waals surface area contributed by atoms with Gasteiger partial charge in [0.2, 0.25) is 5.91 Å². The van der Waals surface area contributed by atoms with Crippen molar-refractivity contribution in [3.63, 3.8) is 0 Å². The lowest BCUT2D eigenvalue weighted by atomic mass is 9.82. The van der Waals surface area contributed by atoms with Crippen LogP contribution in [-0.4, -0.2) is 71.1 Å². The summed E-state index contributed by atoms with van der Waals surface area (Å²) < 4.78 is 6.47. The quantitative estimate of drug-likeness (QED) is 0.702. The Kier molecular flexibility index (Phi) is 5.95. The molecule has 0 atom stereocenters. The predicted octanol–water partition coefficient (Wildman–Crippen LogP) is 3.13. The molecular formula is C25H33N3O4. The molecule has 2 N–H and O–H groups in total. The monoisotopic (exact) mass is 439 g/mol. The van der Waals surface area contributed by atoms with Gasteiger partial charge in [0.05, 0.1) is 12.3 Å². The number of rotatable bonds is 2. The number of aromatic nitrogens is 1. The number of H-pyrrole nitrogens is 1. The van der Waals surface area contributed by atoms with E-state index in [1.165, 1.54) is 22.2 Å². The number of amides is 1. The first-order valence-electron chi connectivity index (χ1n) is 12.0. The number of fused-ring (bicyclic) bond motifs is 4. The number of benzene rings is 1. The normalized spacial score (nSPS) is 23.4. The average Bonchev–Trinajstić information content (AvgIpc) is 3.61. The second-order valence-electron chi connectivity index (χ2n) is 9.59. The lowest BCUT2D eigenvalue weighted by Crippen LogP contribution is -2.53. The van der Waals surface area contributed by atoms with E-state index in [0.29, 0.717) is 17.9 Å². The third-order valence-electron chi connectivity index (χ3n) is 7.82. The van der Waals surface area contributed by atoms with Crippen LogP contribution in [0.5, 0.6) is 0 Å². The van der Waals surface area contributed by atoms with E-state index in [0.717, 1.165) is 77.7 Å². The van der Waals surface area contributed by atoms with Crippen LogP contribution in [0.1, 0.15) is 49.8 Å². The number of carbonyl (C=O) groups is 2. The van der Waals surface area contributed by atoms with Gasteiger partial charge in [-0.3, -0.25) is 9.59 Å². The highest BCUT2D eigenvalue weighted by atomic mass is 16.5. The van der Waals surface area contributed by atoms with Crippen LogP contribution >= 0.6 is 0 Å². The van der Waals surface area contributed by atoms with Crippen molar-refractivity contribution in [2.75, 3.05) is 32.8 Å². The summed E-state index contributed by atoms with van der Waals surface area (Å²) in [5, 5.41) is 8.26. The van der Waals surface area contributed by atoms with Crippen molar-refractivity contribution in [3.05, 3.63) is 35.5 Å². The summed E-state index contributed by atoms with van der Waals surface area (Å²) >= 11 is 0. The highest BCUT2D eigenvalue weighted by molar-refractivity contribution is 5.85. The second-order valence-corrected chi connectivity index (χ2v) is 9.59. The van der Waals surface area contributed by atoms with E-state index in [4.69, 9.17) is 14.6 Å². The molecule has 4 aliphatic rings. The molecule has 1 spiro atoms. The SMILES string of the molecule is O=C(C1CC1)N1CCC(N2CCC3(CC2)OCCc2c3[nH]c3ccccc23)CC1.O=CO. The van der Waals surface area contributed by atoms with E-state index >= 15 is 0 Å². The van der Waals surface area contributed by atoms with E-state index in [9.17, 15) is 4.79 Å². The van der Waals surface area contributed by atoms with Crippen LogP contribution in [0.25, 0.3) is 10.9 Å². The molecule has 4 heterocycles. The molecule has 32 heavy (non-hydrogen) atoms. The summed E-state index contributed by atoms with van der Waals surface area (Å²) in [5.74, 6) is 0.776. The largest absolute Gasteiger partial charge is 0.483 e. The molecule has 3 fully saturated rings. The van der Waals surface area contributed by atoms with Crippen molar-refractivity contribution in [1.29, 1.82) is 0 Å². The lowest BCUT2D eigenvalue weighted by Gasteiger charge is -2.47. The zero-order valence-corrected chi connectivity index (χ0v) is 18.6. The van der Waals surface area contributed by atoms with Gasteiger partial charge in [0.25, 0.3) is 6.47 Å². The Hall–Kier alpha value is -2.38. The number of carboxylic acid groups (broad SMARTS) is 1. The van der Waals surface area contributed by atoms with Gasteiger partial charge in [-0.2, -0.15) is 0 Å². The molecule has 1 saturated carbocycles. The first-order chi connectivity index (χ1) is 15.6. The molecule has 1 aromatic carbocycles. The number of hydrogen-bond acceptors (Lipinski definition) is 4. The average molecular weight is 440 g/mol. The van der Waals surface area contributed by atoms with E-state index < -0.39 is 0 Å². The van der Waals surface area contributed by atoms with Crippen molar-refractivity contribution in [1.82, 2.24) is 14.8 Å². The molecule has 1 aromatic heterocycles. The molecular weight excluding hydrogens is 406 g/mol. The minimum absolute atomic E-state index is 0.133. The van der Waals surface area contributed by atoms with Crippen molar-refractivity contribution in [2.45, 2.75) is 56.6 Å². The number of para-hydroxylation sites is 1. The van der Waals surface area contributed by atoms with Gasteiger partial charge in [0, 0.05) is 49.0 Å². The molecule has 6 rings (SSSR count). The lowest BCUT2D eigenvalue weighted by molar-refractivity contribution is -0.135. The number of aromatic amines is 1. The highest BCUT2D eigenvalue weighted by Crippen LogP contribution is 2.44. The number of ether oxygens (including phenoxy) is 1. The van der Waals surface area contributed by atoms with Crippen LogP contribution in [0, 0.1) is 5.92 Å². The van der Waals surface area contributed by atoms with Gasteiger partial charge >= 0.3 is 0 Å². The van der Waals surface area contributed by atoms with E-state index in [1.807, 2.05) is 0 Å². The highest BCUT2D eigenvalue weighted by Gasteiger charge is 2.44. The molecule has 7 nitrogen and oxygen atoms in total. The minimum Gasteiger partial charge on any atom is -0.483 e. The molecule has 7 heteroatoms. The maximum Gasteiger partial charge on any atom is 0.290 e. The first kappa shape index (κ1) is 21.5. The number of piperidine rings is 2.